The quantitative estimate of drug-likeness (QED) is 0.762. The van der Waals surface area contributed by atoms with Gasteiger partial charge in [-0.2, -0.15) is 0 Å². The highest BCUT2D eigenvalue weighted by Gasteiger charge is 2.16. The molecule has 0 spiro atoms. The maximum Gasteiger partial charge on any atom is 0.106 e. The average Bonchev–Trinajstić information content (AvgIpc) is 2.87. The van der Waals surface area contributed by atoms with E-state index >= 15 is 0 Å². The van der Waals surface area contributed by atoms with Gasteiger partial charge in [0.1, 0.15) is 5.01 Å². The van der Waals surface area contributed by atoms with Crippen LogP contribution in [0.1, 0.15) is 16.7 Å². The van der Waals surface area contributed by atoms with Gasteiger partial charge in [-0.05, 0) is 31.2 Å². The molecule has 0 saturated heterocycles. The molecule has 2 aromatic rings. The first-order valence-electron chi connectivity index (χ1n) is 5.42. The van der Waals surface area contributed by atoms with Gasteiger partial charge in [-0.3, -0.25) is 0 Å². The highest BCUT2D eigenvalue weighted by Crippen LogP contribution is 2.42. The molecule has 1 aromatic carbocycles. The first-order valence-corrected chi connectivity index (χ1v) is 7.93. The predicted octanol–water partition coefficient (Wildman–Crippen LogP) is 5.05. The predicted molar refractivity (Wildman–Crippen MR) is 88.1 cm³/mol. The van der Waals surface area contributed by atoms with Gasteiger partial charge in [-0.1, -0.05) is 23.2 Å². The van der Waals surface area contributed by atoms with E-state index in [1.807, 2.05) is 23.7 Å². The zero-order valence-electron chi connectivity index (χ0n) is 9.88. The molecule has 104 valence electrons. The van der Waals surface area contributed by atoms with Crippen LogP contribution in [-0.4, -0.2) is 11.5 Å². The van der Waals surface area contributed by atoms with Gasteiger partial charge < -0.3 is 5.73 Å². The lowest BCUT2D eigenvalue weighted by Gasteiger charge is -2.14. The third-order valence-corrected chi connectivity index (χ3v) is 5.37. The van der Waals surface area contributed by atoms with Crippen LogP contribution in [0.3, 0.4) is 0 Å². The van der Waals surface area contributed by atoms with Gasteiger partial charge in [0, 0.05) is 21.5 Å². The molecule has 0 saturated carbocycles. The van der Waals surface area contributed by atoms with E-state index in [1.165, 1.54) is 0 Å². The van der Waals surface area contributed by atoms with Crippen molar-refractivity contribution in [2.75, 3.05) is 6.54 Å². The largest absolute Gasteiger partial charge is 0.330 e. The summed E-state index contributed by atoms with van der Waals surface area (Å²) in [6.45, 7) is 0.620. The Morgan fingerprint density at radius 3 is 2.79 bits per heavy atom. The third kappa shape index (κ3) is 4.81. The SMILES string of the molecule is Cl.NCC[C@@H](Sc1cc(Cl)ccc1Cl)c1nccs1. The van der Waals surface area contributed by atoms with Crippen molar-refractivity contribution in [3.8, 4) is 0 Å². The molecule has 1 heterocycles. The summed E-state index contributed by atoms with van der Waals surface area (Å²) in [4.78, 5) is 5.32. The molecule has 1 atom stereocenters. The van der Waals surface area contributed by atoms with Crippen molar-refractivity contribution in [3.05, 3.63) is 44.8 Å². The second-order valence-corrected chi connectivity index (χ2v) is 6.64. The molecule has 0 fully saturated rings. The molecule has 0 aliphatic carbocycles. The van der Waals surface area contributed by atoms with Gasteiger partial charge in [0.05, 0.1) is 10.3 Å². The number of halogens is 3. The molecule has 0 aliphatic rings. The summed E-state index contributed by atoms with van der Waals surface area (Å²) in [5.74, 6) is 0. The van der Waals surface area contributed by atoms with Crippen LogP contribution in [0.2, 0.25) is 10.0 Å². The Bertz CT molecular complexity index is 506. The lowest BCUT2D eigenvalue weighted by Crippen LogP contribution is -2.04. The number of benzene rings is 1. The van der Waals surface area contributed by atoms with E-state index in [0.29, 0.717) is 16.6 Å². The van der Waals surface area contributed by atoms with Crippen molar-refractivity contribution < 1.29 is 0 Å². The number of rotatable bonds is 5. The van der Waals surface area contributed by atoms with Gasteiger partial charge in [0.2, 0.25) is 0 Å². The summed E-state index contributed by atoms with van der Waals surface area (Å²) in [7, 11) is 0. The fraction of sp³-hybridized carbons (Fsp3) is 0.250. The fourth-order valence-electron chi connectivity index (χ4n) is 1.50. The molecular formula is C12H13Cl3N2S2. The molecular weight excluding hydrogens is 343 g/mol. The molecule has 0 aliphatic heterocycles. The van der Waals surface area contributed by atoms with Crippen LogP contribution in [0.5, 0.6) is 0 Å². The summed E-state index contributed by atoms with van der Waals surface area (Å²) in [6.07, 6.45) is 2.67. The Kier molecular flexibility index (Phi) is 7.50. The van der Waals surface area contributed by atoms with E-state index in [2.05, 4.69) is 4.98 Å². The summed E-state index contributed by atoms with van der Waals surface area (Å²) in [5.41, 5.74) is 5.66. The Labute approximate surface area is 137 Å². The Morgan fingerprint density at radius 1 is 1.37 bits per heavy atom. The second-order valence-electron chi connectivity index (χ2n) is 3.63. The summed E-state index contributed by atoms with van der Waals surface area (Å²) >= 11 is 15.5. The minimum Gasteiger partial charge on any atom is -0.330 e. The van der Waals surface area contributed by atoms with E-state index in [1.54, 1.807) is 29.2 Å². The molecule has 0 unspecified atom stereocenters. The van der Waals surface area contributed by atoms with Crippen molar-refractivity contribution in [1.82, 2.24) is 4.98 Å². The highest BCUT2D eigenvalue weighted by molar-refractivity contribution is 7.99. The summed E-state index contributed by atoms with van der Waals surface area (Å²) < 4.78 is 0. The second kappa shape index (κ2) is 8.35. The average molecular weight is 356 g/mol. The Balaban J connectivity index is 0.00000180. The maximum absolute atomic E-state index is 6.17. The van der Waals surface area contributed by atoms with Crippen molar-refractivity contribution in [2.45, 2.75) is 16.6 Å². The van der Waals surface area contributed by atoms with Crippen LogP contribution in [0, 0.1) is 0 Å². The monoisotopic (exact) mass is 354 g/mol. The van der Waals surface area contributed by atoms with E-state index in [0.717, 1.165) is 16.3 Å². The molecule has 19 heavy (non-hydrogen) atoms. The van der Waals surface area contributed by atoms with Crippen LogP contribution in [0.4, 0.5) is 0 Å². The molecule has 0 radical (unpaired) electrons. The van der Waals surface area contributed by atoms with Gasteiger partial charge in [-0.15, -0.1) is 35.5 Å². The van der Waals surface area contributed by atoms with E-state index in [4.69, 9.17) is 28.9 Å². The molecule has 0 bridgehead atoms. The highest BCUT2D eigenvalue weighted by atomic mass is 35.5. The lowest BCUT2D eigenvalue weighted by molar-refractivity contribution is 0.807. The van der Waals surface area contributed by atoms with Gasteiger partial charge in [0.15, 0.2) is 0 Å². The molecule has 2 N–H and O–H groups in total. The number of nitrogens with two attached hydrogens (primary N) is 1. The first kappa shape index (κ1) is 17.1. The smallest absolute Gasteiger partial charge is 0.106 e. The van der Waals surface area contributed by atoms with Crippen LogP contribution in [0.25, 0.3) is 0 Å². The number of hydrogen-bond donors (Lipinski definition) is 1. The number of thiazole rings is 1. The lowest BCUT2D eigenvalue weighted by atomic mass is 10.3. The standard InChI is InChI=1S/C12H12Cl2N2S2.ClH/c13-8-1-2-9(14)11(7-8)18-10(3-4-15)12-16-5-6-17-12;/h1-2,5-7,10H,3-4,15H2;1H/t10-;/m1./s1. The molecule has 1 aromatic heterocycles. The van der Waals surface area contributed by atoms with Crippen molar-refractivity contribution in [1.29, 1.82) is 0 Å². The molecule has 0 amide bonds. The topological polar surface area (TPSA) is 38.9 Å². The number of thioether (sulfide) groups is 1. The third-order valence-electron chi connectivity index (χ3n) is 2.32. The van der Waals surface area contributed by atoms with Crippen LogP contribution < -0.4 is 5.73 Å². The minimum absolute atomic E-state index is 0. The molecule has 7 heteroatoms. The normalized spacial score (nSPS) is 11.9. The van der Waals surface area contributed by atoms with Crippen molar-refractivity contribution in [3.63, 3.8) is 0 Å². The first-order chi connectivity index (χ1) is 8.70. The van der Waals surface area contributed by atoms with E-state index in [9.17, 15) is 0 Å². The zero-order chi connectivity index (χ0) is 13.0. The molecule has 2 nitrogen and oxygen atoms in total. The van der Waals surface area contributed by atoms with Crippen LogP contribution >= 0.6 is 58.7 Å². The van der Waals surface area contributed by atoms with Gasteiger partial charge in [0.25, 0.3) is 0 Å². The summed E-state index contributed by atoms with van der Waals surface area (Å²) in [6, 6.07) is 5.48. The zero-order valence-corrected chi connectivity index (χ0v) is 13.8. The maximum atomic E-state index is 6.17. The Hall–Kier alpha value is 0.0300. The fourth-order valence-corrected chi connectivity index (χ4v) is 4.05. The number of hydrogen-bond acceptors (Lipinski definition) is 4. The minimum atomic E-state index is 0. The Morgan fingerprint density at radius 2 is 2.16 bits per heavy atom. The molecule has 2 rings (SSSR count). The van der Waals surface area contributed by atoms with E-state index < -0.39 is 0 Å². The van der Waals surface area contributed by atoms with Crippen LogP contribution in [0.15, 0.2) is 34.7 Å². The van der Waals surface area contributed by atoms with Gasteiger partial charge in [-0.25, -0.2) is 4.98 Å². The van der Waals surface area contributed by atoms with Gasteiger partial charge >= 0.3 is 0 Å². The van der Waals surface area contributed by atoms with E-state index in [-0.39, 0.29) is 17.7 Å². The van der Waals surface area contributed by atoms with Crippen molar-refractivity contribution >= 4 is 58.7 Å². The van der Waals surface area contributed by atoms with Crippen LogP contribution in [-0.2, 0) is 0 Å². The number of nitrogens with zero attached hydrogens (tertiary/aromatic N) is 1. The summed E-state index contributed by atoms with van der Waals surface area (Å²) in [5, 5.41) is 4.67. The van der Waals surface area contributed by atoms with Crippen molar-refractivity contribution in [2.24, 2.45) is 5.73 Å². The number of aromatic nitrogens is 1.